The van der Waals surface area contributed by atoms with Gasteiger partial charge in [-0.25, -0.2) is 0 Å². The van der Waals surface area contributed by atoms with Gasteiger partial charge in [-0.2, -0.15) is 5.06 Å². The lowest BCUT2D eigenvalue weighted by Crippen LogP contribution is -2.20. The van der Waals surface area contributed by atoms with Gasteiger partial charge in [0.1, 0.15) is 5.75 Å². The summed E-state index contributed by atoms with van der Waals surface area (Å²) in [5.41, 5.74) is 6.46. The zero-order valence-corrected chi connectivity index (χ0v) is 9.39. The molecule has 4 nitrogen and oxygen atoms in total. The average molecular weight is 222 g/mol. The smallest absolute Gasteiger partial charge is 0.142 e. The van der Waals surface area contributed by atoms with Crippen molar-refractivity contribution >= 4 is 5.69 Å². The summed E-state index contributed by atoms with van der Waals surface area (Å²) in [5.74, 6) is 0.768. The second-order valence-corrected chi connectivity index (χ2v) is 3.86. The Morgan fingerprint density at radius 1 is 1.38 bits per heavy atom. The molecule has 1 aliphatic heterocycles. The predicted octanol–water partition coefficient (Wildman–Crippen LogP) is 1.68. The summed E-state index contributed by atoms with van der Waals surface area (Å²) in [6, 6.07) is 7.57. The van der Waals surface area contributed by atoms with Crippen molar-refractivity contribution in [1.82, 2.24) is 5.06 Å². The van der Waals surface area contributed by atoms with Crippen LogP contribution in [0.4, 0.5) is 5.69 Å². The Labute approximate surface area is 95.9 Å². The number of rotatable bonds is 5. The molecule has 0 aliphatic carbocycles. The summed E-state index contributed by atoms with van der Waals surface area (Å²) in [5, 5.41) is 2.00. The Morgan fingerprint density at radius 3 is 3.00 bits per heavy atom. The third kappa shape index (κ3) is 3.12. The lowest BCUT2D eigenvalue weighted by atomic mass is 10.3. The first-order valence-corrected chi connectivity index (χ1v) is 5.71. The van der Waals surface area contributed by atoms with Gasteiger partial charge in [-0.3, -0.25) is 4.84 Å². The summed E-state index contributed by atoms with van der Waals surface area (Å²) in [6.45, 7) is 3.49. The number of nitrogens with zero attached hydrogens (tertiary/aromatic N) is 1. The molecule has 0 atom stereocenters. The molecule has 2 rings (SSSR count). The molecule has 1 aliphatic rings. The first-order chi connectivity index (χ1) is 7.86. The molecular weight excluding hydrogens is 204 g/mol. The second-order valence-electron chi connectivity index (χ2n) is 3.86. The lowest BCUT2D eigenvalue weighted by molar-refractivity contribution is -0.111. The van der Waals surface area contributed by atoms with Gasteiger partial charge in [-0.05, 0) is 25.0 Å². The van der Waals surface area contributed by atoms with Crippen LogP contribution in [0.1, 0.15) is 12.8 Å². The molecule has 1 saturated heterocycles. The number of hydroxylamine groups is 2. The number of hydrogen-bond acceptors (Lipinski definition) is 4. The average Bonchev–Trinajstić information content (AvgIpc) is 2.79. The highest BCUT2D eigenvalue weighted by Gasteiger charge is 2.11. The summed E-state index contributed by atoms with van der Waals surface area (Å²) in [4.78, 5) is 5.38. The van der Waals surface area contributed by atoms with Crippen molar-refractivity contribution in [3.05, 3.63) is 24.3 Å². The topological polar surface area (TPSA) is 47.7 Å². The van der Waals surface area contributed by atoms with E-state index in [9.17, 15) is 0 Å². The van der Waals surface area contributed by atoms with Gasteiger partial charge in [0, 0.05) is 13.1 Å². The summed E-state index contributed by atoms with van der Waals surface area (Å²) >= 11 is 0. The van der Waals surface area contributed by atoms with E-state index in [0.717, 1.165) is 38.3 Å². The van der Waals surface area contributed by atoms with E-state index in [1.807, 2.05) is 29.3 Å². The number of nitrogens with two attached hydrogens (primary N) is 1. The van der Waals surface area contributed by atoms with E-state index in [0.29, 0.717) is 12.3 Å². The fourth-order valence-electron chi connectivity index (χ4n) is 1.71. The molecule has 4 heteroatoms. The van der Waals surface area contributed by atoms with Crippen molar-refractivity contribution in [3.63, 3.8) is 0 Å². The third-order valence-electron chi connectivity index (χ3n) is 2.55. The van der Waals surface area contributed by atoms with Gasteiger partial charge in [-0.1, -0.05) is 12.1 Å². The van der Waals surface area contributed by atoms with E-state index in [-0.39, 0.29) is 0 Å². The molecule has 1 aromatic rings. The van der Waals surface area contributed by atoms with Gasteiger partial charge in [0.2, 0.25) is 0 Å². The number of benzene rings is 1. The quantitative estimate of drug-likeness (QED) is 0.608. The molecule has 2 N–H and O–H groups in total. The molecule has 0 aromatic heterocycles. The Bertz CT molecular complexity index is 325. The van der Waals surface area contributed by atoms with E-state index in [1.54, 1.807) is 0 Å². The van der Waals surface area contributed by atoms with E-state index in [2.05, 4.69) is 0 Å². The van der Waals surface area contributed by atoms with Crippen molar-refractivity contribution in [2.24, 2.45) is 0 Å². The molecule has 1 aromatic carbocycles. The predicted molar refractivity (Wildman–Crippen MR) is 63.1 cm³/mol. The van der Waals surface area contributed by atoms with Crippen LogP contribution >= 0.6 is 0 Å². The molecule has 0 saturated carbocycles. The maximum absolute atomic E-state index is 5.76. The molecule has 16 heavy (non-hydrogen) atoms. The summed E-state index contributed by atoms with van der Waals surface area (Å²) in [7, 11) is 0. The maximum Gasteiger partial charge on any atom is 0.142 e. The zero-order valence-electron chi connectivity index (χ0n) is 9.39. The Hall–Kier alpha value is -1.26. The minimum atomic E-state index is 0.675. The van der Waals surface area contributed by atoms with E-state index in [4.69, 9.17) is 15.3 Å². The molecule has 1 fully saturated rings. The number of ether oxygens (including phenoxy) is 1. The van der Waals surface area contributed by atoms with Crippen LogP contribution in [0.15, 0.2) is 24.3 Å². The molecule has 0 amide bonds. The second kappa shape index (κ2) is 5.72. The largest absolute Gasteiger partial charge is 0.491 e. The van der Waals surface area contributed by atoms with Gasteiger partial charge in [-0.15, -0.1) is 0 Å². The molecule has 1 heterocycles. The highest BCUT2D eigenvalue weighted by atomic mass is 16.7. The Morgan fingerprint density at radius 2 is 2.25 bits per heavy atom. The van der Waals surface area contributed by atoms with Gasteiger partial charge in [0.15, 0.2) is 0 Å². The zero-order chi connectivity index (χ0) is 11.2. The Balaban J connectivity index is 1.66. The van der Waals surface area contributed by atoms with Gasteiger partial charge >= 0.3 is 0 Å². The van der Waals surface area contributed by atoms with Crippen molar-refractivity contribution in [3.8, 4) is 5.75 Å². The summed E-state index contributed by atoms with van der Waals surface area (Å²) in [6.07, 6.45) is 2.08. The van der Waals surface area contributed by atoms with E-state index < -0.39 is 0 Å². The molecule has 88 valence electrons. The first kappa shape index (κ1) is 11.2. The fourth-order valence-corrected chi connectivity index (χ4v) is 1.71. The molecule has 0 radical (unpaired) electrons. The minimum Gasteiger partial charge on any atom is -0.491 e. The van der Waals surface area contributed by atoms with Gasteiger partial charge < -0.3 is 10.5 Å². The number of para-hydroxylation sites is 2. The molecule has 0 bridgehead atoms. The monoisotopic (exact) mass is 222 g/mol. The van der Waals surface area contributed by atoms with Crippen LogP contribution in [0, 0.1) is 0 Å². The molecular formula is C12H18N2O2. The van der Waals surface area contributed by atoms with Crippen LogP contribution in [0.2, 0.25) is 0 Å². The SMILES string of the molecule is Nc1ccccc1OCCCN1CCCO1. The van der Waals surface area contributed by atoms with Crippen LogP contribution in [0.5, 0.6) is 5.75 Å². The highest BCUT2D eigenvalue weighted by molar-refractivity contribution is 5.51. The normalized spacial score (nSPS) is 16.5. The van der Waals surface area contributed by atoms with Crippen molar-refractivity contribution in [1.29, 1.82) is 0 Å². The van der Waals surface area contributed by atoms with Gasteiger partial charge in [0.05, 0.1) is 18.9 Å². The van der Waals surface area contributed by atoms with Crippen molar-refractivity contribution in [2.45, 2.75) is 12.8 Å². The van der Waals surface area contributed by atoms with Crippen molar-refractivity contribution < 1.29 is 9.57 Å². The standard InChI is InChI=1S/C12H18N2O2/c13-11-5-1-2-6-12(11)15-9-3-7-14-8-4-10-16-14/h1-2,5-6H,3-4,7-10,13H2. The highest BCUT2D eigenvalue weighted by Crippen LogP contribution is 2.19. The van der Waals surface area contributed by atoms with Crippen LogP contribution in [0.25, 0.3) is 0 Å². The van der Waals surface area contributed by atoms with E-state index in [1.165, 1.54) is 0 Å². The van der Waals surface area contributed by atoms with Gasteiger partial charge in [0.25, 0.3) is 0 Å². The lowest BCUT2D eigenvalue weighted by Gasteiger charge is -2.14. The fraction of sp³-hybridized carbons (Fsp3) is 0.500. The van der Waals surface area contributed by atoms with Crippen LogP contribution in [-0.2, 0) is 4.84 Å². The van der Waals surface area contributed by atoms with Crippen LogP contribution in [0.3, 0.4) is 0 Å². The van der Waals surface area contributed by atoms with Crippen LogP contribution < -0.4 is 10.5 Å². The maximum atomic E-state index is 5.76. The minimum absolute atomic E-state index is 0.675. The Kier molecular flexibility index (Phi) is 4.02. The number of hydrogen-bond donors (Lipinski definition) is 1. The third-order valence-corrected chi connectivity index (χ3v) is 2.55. The van der Waals surface area contributed by atoms with Crippen LogP contribution in [-0.4, -0.2) is 31.4 Å². The number of nitrogen functional groups attached to an aromatic ring is 1. The molecule has 0 unspecified atom stereocenters. The molecule has 0 spiro atoms. The van der Waals surface area contributed by atoms with E-state index >= 15 is 0 Å². The summed E-state index contributed by atoms with van der Waals surface area (Å²) < 4.78 is 5.59. The number of anilines is 1. The first-order valence-electron chi connectivity index (χ1n) is 5.71. The van der Waals surface area contributed by atoms with Crippen molar-refractivity contribution in [2.75, 3.05) is 32.0 Å².